The fourth-order valence-corrected chi connectivity index (χ4v) is 4.87. The number of halogens is 2. The maximum Gasteiger partial charge on any atom is 0.270 e. The zero-order valence-corrected chi connectivity index (χ0v) is 25.6. The van der Waals surface area contributed by atoms with Gasteiger partial charge in [0.2, 0.25) is 0 Å². The summed E-state index contributed by atoms with van der Waals surface area (Å²) in [7, 11) is 0. The Morgan fingerprint density at radius 1 is 1.11 bits per heavy atom. The summed E-state index contributed by atoms with van der Waals surface area (Å²) in [4.78, 5) is 4.70. The standard InChI is InChI=1S/C36H38F2N6/c1-6-24(2)34(21-31-22-39-16-17-40-31)43-33-11-8-18-44-32(23-41-35(33)44)15-14-27-19-28(13-12-25(27)3)26(4)42-30-10-7-9-29(20-30)36(5,37)38/h7-13,18-21,23,39-40,42-43H,4,6,16-17,22H2,1-3,5H3/b31-21-,34-24+. The minimum absolute atomic E-state index is 0.0551. The molecule has 1 aliphatic rings. The number of hydrogen-bond acceptors (Lipinski definition) is 5. The van der Waals surface area contributed by atoms with Crippen molar-refractivity contribution in [1.82, 2.24) is 20.0 Å². The van der Waals surface area contributed by atoms with Crippen molar-refractivity contribution in [2.45, 2.75) is 40.0 Å². The van der Waals surface area contributed by atoms with Crippen LogP contribution in [-0.2, 0) is 5.92 Å². The molecule has 5 rings (SSSR count). The van der Waals surface area contributed by atoms with Crippen LogP contribution in [-0.4, -0.2) is 29.0 Å². The highest BCUT2D eigenvalue weighted by molar-refractivity contribution is 5.76. The molecule has 0 spiro atoms. The highest BCUT2D eigenvalue weighted by Crippen LogP contribution is 2.30. The fraction of sp³-hybridized carbons (Fsp3) is 0.250. The van der Waals surface area contributed by atoms with Crippen molar-refractivity contribution in [3.63, 3.8) is 0 Å². The number of aryl methyl sites for hydroxylation is 1. The molecule has 6 nitrogen and oxygen atoms in total. The SMILES string of the molecule is C=C(Nc1cccc(C(C)(F)F)c1)c1ccc(C)c(C#Cc2cnc3c(NC(/C=C4/CNCCN4)=C(\C)CC)cccn23)c1. The molecule has 0 aliphatic carbocycles. The number of anilines is 2. The fourth-order valence-electron chi connectivity index (χ4n) is 4.87. The van der Waals surface area contributed by atoms with E-state index in [-0.39, 0.29) is 5.56 Å². The lowest BCUT2D eigenvalue weighted by Crippen LogP contribution is -2.38. The first-order valence-corrected chi connectivity index (χ1v) is 14.8. The van der Waals surface area contributed by atoms with Crippen molar-refractivity contribution in [2.75, 3.05) is 30.3 Å². The molecular weight excluding hydrogens is 554 g/mol. The second-order valence-corrected chi connectivity index (χ2v) is 11.1. The largest absolute Gasteiger partial charge is 0.386 e. The van der Waals surface area contributed by atoms with E-state index in [2.05, 4.69) is 59.6 Å². The number of rotatable bonds is 8. The average molecular weight is 593 g/mol. The van der Waals surface area contributed by atoms with Gasteiger partial charge in [0, 0.05) is 66.7 Å². The molecule has 2 aromatic heterocycles. The van der Waals surface area contributed by atoms with Crippen molar-refractivity contribution < 1.29 is 8.78 Å². The van der Waals surface area contributed by atoms with E-state index < -0.39 is 5.92 Å². The molecule has 0 saturated carbocycles. The van der Waals surface area contributed by atoms with Gasteiger partial charge in [0.15, 0.2) is 5.65 Å². The topological polar surface area (TPSA) is 65.4 Å². The number of benzene rings is 2. The summed E-state index contributed by atoms with van der Waals surface area (Å²) in [6, 6.07) is 16.1. The lowest BCUT2D eigenvalue weighted by Gasteiger charge is -2.20. The normalized spacial score (nSPS) is 14.8. The van der Waals surface area contributed by atoms with E-state index >= 15 is 0 Å². The highest BCUT2D eigenvalue weighted by atomic mass is 19.3. The predicted molar refractivity (Wildman–Crippen MR) is 177 cm³/mol. The van der Waals surface area contributed by atoms with Gasteiger partial charge in [0.05, 0.1) is 11.9 Å². The van der Waals surface area contributed by atoms with Crippen LogP contribution in [0.3, 0.4) is 0 Å². The summed E-state index contributed by atoms with van der Waals surface area (Å²) in [6.45, 7) is 14.0. The average Bonchev–Trinajstić information content (AvgIpc) is 3.44. The Hall–Kier alpha value is -4.87. The molecule has 0 radical (unpaired) electrons. The molecule has 4 aromatic rings. The molecule has 0 unspecified atom stereocenters. The number of pyridine rings is 1. The number of nitrogens with one attached hydrogen (secondary N) is 4. The summed E-state index contributed by atoms with van der Waals surface area (Å²) >= 11 is 0. The third-order valence-electron chi connectivity index (χ3n) is 7.66. The van der Waals surface area contributed by atoms with Crippen LogP contribution in [0.25, 0.3) is 11.3 Å². The number of imidazole rings is 1. The van der Waals surface area contributed by atoms with Gasteiger partial charge in [0.25, 0.3) is 5.92 Å². The van der Waals surface area contributed by atoms with Crippen LogP contribution in [0.2, 0.25) is 0 Å². The zero-order chi connectivity index (χ0) is 31.3. The number of allylic oxidation sites excluding steroid dienone is 2. The minimum Gasteiger partial charge on any atom is -0.386 e. The molecule has 1 aliphatic heterocycles. The molecule has 8 heteroatoms. The van der Waals surface area contributed by atoms with E-state index in [4.69, 9.17) is 4.98 Å². The summed E-state index contributed by atoms with van der Waals surface area (Å²) in [5, 5.41) is 13.6. The summed E-state index contributed by atoms with van der Waals surface area (Å²) in [5.41, 5.74) is 9.67. The molecule has 3 heterocycles. The van der Waals surface area contributed by atoms with E-state index in [1.54, 1.807) is 18.3 Å². The molecule has 1 saturated heterocycles. The van der Waals surface area contributed by atoms with Crippen molar-refractivity contribution in [2.24, 2.45) is 0 Å². The number of piperazine rings is 1. The Balaban J connectivity index is 1.39. The van der Waals surface area contributed by atoms with Crippen LogP contribution in [0.5, 0.6) is 0 Å². The Morgan fingerprint density at radius 3 is 2.70 bits per heavy atom. The quantitative estimate of drug-likeness (QED) is 0.161. The maximum atomic E-state index is 13.8. The monoisotopic (exact) mass is 592 g/mol. The Labute approximate surface area is 258 Å². The van der Waals surface area contributed by atoms with Gasteiger partial charge in [-0.05, 0) is 73.7 Å². The predicted octanol–water partition coefficient (Wildman–Crippen LogP) is 7.41. The van der Waals surface area contributed by atoms with E-state index in [1.807, 2.05) is 47.9 Å². The van der Waals surface area contributed by atoms with Gasteiger partial charge in [-0.1, -0.05) is 49.3 Å². The van der Waals surface area contributed by atoms with Gasteiger partial charge in [-0.2, -0.15) is 0 Å². The number of nitrogens with zero attached hydrogens (tertiary/aromatic N) is 2. The lowest BCUT2D eigenvalue weighted by molar-refractivity contribution is 0.0175. The highest BCUT2D eigenvalue weighted by Gasteiger charge is 2.24. The number of alkyl halides is 2. The first-order chi connectivity index (χ1) is 21.1. The summed E-state index contributed by atoms with van der Waals surface area (Å²) in [6.07, 6.45) is 6.84. The van der Waals surface area contributed by atoms with Gasteiger partial charge >= 0.3 is 0 Å². The maximum absolute atomic E-state index is 13.8. The van der Waals surface area contributed by atoms with Crippen molar-refractivity contribution >= 4 is 22.7 Å². The first kappa shape index (κ1) is 30.6. The molecule has 0 bridgehead atoms. The third kappa shape index (κ3) is 7.19. The minimum atomic E-state index is -2.92. The van der Waals surface area contributed by atoms with Crippen molar-refractivity contribution in [3.05, 3.63) is 125 Å². The van der Waals surface area contributed by atoms with E-state index in [1.165, 1.54) is 17.7 Å². The lowest BCUT2D eigenvalue weighted by atomic mass is 10.0. The first-order valence-electron chi connectivity index (χ1n) is 14.8. The van der Waals surface area contributed by atoms with Gasteiger partial charge in [-0.3, -0.25) is 4.40 Å². The van der Waals surface area contributed by atoms with E-state index in [9.17, 15) is 8.78 Å². The molecule has 226 valence electrons. The van der Waals surface area contributed by atoms with Gasteiger partial charge in [0.1, 0.15) is 5.69 Å². The number of hydrogen-bond donors (Lipinski definition) is 4. The van der Waals surface area contributed by atoms with E-state index in [0.29, 0.717) is 11.4 Å². The summed E-state index contributed by atoms with van der Waals surface area (Å²) < 4.78 is 29.6. The van der Waals surface area contributed by atoms with E-state index in [0.717, 1.165) is 78.1 Å². The Kier molecular flexibility index (Phi) is 9.17. The number of fused-ring (bicyclic) bond motifs is 1. The molecule has 0 amide bonds. The molecule has 4 N–H and O–H groups in total. The molecule has 2 aromatic carbocycles. The van der Waals surface area contributed by atoms with Crippen LogP contribution in [0.1, 0.15) is 55.1 Å². The molecule has 0 atom stereocenters. The molecular formula is C36H38F2N6. The zero-order valence-electron chi connectivity index (χ0n) is 25.6. The van der Waals surface area contributed by atoms with Crippen LogP contribution in [0.4, 0.5) is 20.2 Å². The second kappa shape index (κ2) is 13.2. The Bertz CT molecular complexity index is 1810. The van der Waals surface area contributed by atoms with Crippen molar-refractivity contribution in [1.29, 1.82) is 0 Å². The Morgan fingerprint density at radius 2 is 1.95 bits per heavy atom. The third-order valence-corrected chi connectivity index (χ3v) is 7.66. The summed E-state index contributed by atoms with van der Waals surface area (Å²) in [5.74, 6) is 3.67. The van der Waals surface area contributed by atoms with Gasteiger partial charge in [-0.15, -0.1) is 0 Å². The van der Waals surface area contributed by atoms with Crippen LogP contribution in [0.15, 0.2) is 96.6 Å². The van der Waals surface area contributed by atoms with Crippen LogP contribution < -0.4 is 21.3 Å². The molecule has 44 heavy (non-hydrogen) atoms. The van der Waals surface area contributed by atoms with Gasteiger partial charge < -0.3 is 21.3 Å². The molecule has 1 fully saturated rings. The second-order valence-electron chi connectivity index (χ2n) is 11.1. The van der Waals surface area contributed by atoms with Crippen molar-refractivity contribution in [3.8, 4) is 11.8 Å². The smallest absolute Gasteiger partial charge is 0.270 e. The van der Waals surface area contributed by atoms with Crippen LogP contribution >= 0.6 is 0 Å². The number of aromatic nitrogens is 2. The van der Waals surface area contributed by atoms with Gasteiger partial charge in [-0.25, -0.2) is 13.8 Å². The van der Waals surface area contributed by atoms with Crippen LogP contribution in [0, 0.1) is 18.8 Å².